The van der Waals surface area contributed by atoms with Gasteiger partial charge in [-0.1, -0.05) is 6.07 Å². The molecule has 0 fully saturated rings. The van der Waals surface area contributed by atoms with Gasteiger partial charge in [0, 0.05) is 18.9 Å². The Morgan fingerprint density at radius 1 is 1.20 bits per heavy atom. The molecule has 1 N–H and O–H groups in total. The second kappa shape index (κ2) is 6.56. The second-order valence-corrected chi connectivity index (χ2v) is 4.11. The number of benzene rings is 1. The molecule has 2 aromatic rings. The molecule has 0 aliphatic carbocycles. The SMILES string of the molecule is COc1ccc(CNC(=O)c2cccnc2)cc1OC. The van der Waals surface area contributed by atoms with Crippen LogP contribution in [-0.4, -0.2) is 25.1 Å². The molecule has 5 heteroatoms. The van der Waals surface area contributed by atoms with E-state index in [2.05, 4.69) is 10.3 Å². The third-order valence-corrected chi connectivity index (χ3v) is 2.82. The predicted molar refractivity (Wildman–Crippen MR) is 75.0 cm³/mol. The van der Waals surface area contributed by atoms with Crippen molar-refractivity contribution in [1.82, 2.24) is 10.3 Å². The van der Waals surface area contributed by atoms with Crippen LogP contribution in [0.15, 0.2) is 42.7 Å². The summed E-state index contributed by atoms with van der Waals surface area (Å²) >= 11 is 0. The number of pyridine rings is 1. The number of carbonyl (C=O) groups is 1. The molecule has 1 heterocycles. The molecule has 1 aromatic heterocycles. The monoisotopic (exact) mass is 272 g/mol. The van der Waals surface area contributed by atoms with Crippen LogP contribution < -0.4 is 14.8 Å². The Labute approximate surface area is 117 Å². The van der Waals surface area contributed by atoms with Crippen LogP contribution in [0.3, 0.4) is 0 Å². The number of nitrogens with zero attached hydrogens (tertiary/aromatic N) is 1. The number of rotatable bonds is 5. The fraction of sp³-hybridized carbons (Fsp3) is 0.200. The Bertz CT molecular complexity index is 585. The summed E-state index contributed by atoms with van der Waals surface area (Å²) in [5.74, 6) is 1.14. The lowest BCUT2D eigenvalue weighted by atomic mass is 10.2. The Morgan fingerprint density at radius 3 is 2.65 bits per heavy atom. The lowest BCUT2D eigenvalue weighted by Gasteiger charge is -2.10. The molecule has 0 aliphatic heterocycles. The fourth-order valence-electron chi connectivity index (χ4n) is 1.77. The van der Waals surface area contributed by atoms with E-state index in [1.165, 1.54) is 6.20 Å². The Balaban J connectivity index is 2.02. The summed E-state index contributed by atoms with van der Waals surface area (Å²) in [6.45, 7) is 0.411. The van der Waals surface area contributed by atoms with Crippen molar-refractivity contribution in [2.24, 2.45) is 0 Å². The molecule has 0 spiro atoms. The van der Waals surface area contributed by atoms with Gasteiger partial charge in [0.05, 0.1) is 19.8 Å². The van der Waals surface area contributed by atoms with Gasteiger partial charge in [0.2, 0.25) is 0 Å². The zero-order valence-electron chi connectivity index (χ0n) is 11.4. The van der Waals surface area contributed by atoms with E-state index in [0.717, 1.165) is 5.56 Å². The van der Waals surface area contributed by atoms with Crippen LogP contribution in [0.5, 0.6) is 11.5 Å². The number of hydrogen-bond donors (Lipinski definition) is 1. The van der Waals surface area contributed by atoms with E-state index in [1.54, 1.807) is 32.5 Å². The standard InChI is InChI=1S/C15H16N2O3/c1-19-13-6-5-11(8-14(13)20-2)9-17-15(18)12-4-3-7-16-10-12/h3-8,10H,9H2,1-2H3,(H,17,18). The lowest BCUT2D eigenvalue weighted by molar-refractivity contribution is 0.0950. The van der Waals surface area contributed by atoms with Crippen molar-refractivity contribution >= 4 is 5.91 Å². The highest BCUT2D eigenvalue weighted by atomic mass is 16.5. The number of aromatic nitrogens is 1. The molecule has 5 nitrogen and oxygen atoms in total. The molecular formula is C15H16N2O3. The molecular weight excluding hydrogens is 256 g/mol. The molecule has 0 aliphatic rings. The van der Waals surface area contributed by atoms with Gasteiger partial charge in [-0.2, -0.15) is 0 Å². The predicted octanol–water partition coefficient (Wildman–Crippen LogP) is 2.03. The summed E-state index contributed by atoms with van der Waals surface area (Å²) in [6.07, 6.45) is 3.16. The largest absolute Gasteiger partial charge is 0.493 e. The molecule has 20 heavy (non-hydrogen) atoms. The maximum absolute atomic E-state index is 11.9. The minimum Gasteiger partial charge on any atom is -0.493 e. The number of methoxy groups -OCH3 is 2. The number of ether oxygens (including phenoxy) is 2. The van der Waals surface area contributed by atoms with Crippen molar-refractivity contribution < 1.29 is 14.3 Å². The van der Waals surface area contributed by atoms with Crippen molar-refractivity contribution in [1.29, 1.82) is 0 Å². The minimum absolute atomic E-state index is 0.159. The van der Waals surface area contributed by atoms with Crippen molar-refractivity contribution in [3.8, 4) is 11.5 Å². The summed E-state index contributed by atoms with van der Waals surface area (Å²) in [5.41, 5.74) is 1.47. The topological polar surface area (TPSA) is 60.5 Å². The Morgan fingerprint density at radius 2 is 2.00 bits per heavy atom. The van der Waals surface area contributed by atoms with Gasteiger partial charge in [0.1, 0.15) is 0 Å². The molecule has 0 unspecified atom stereocenters. The van der Waals surface area contributed by atoms with E-state index in [1.807, 2.05) is 18.2 Å². The molecule has 1 aromatic carbocycles. The summed E-state index contributed by atoms with van der Waals surface area (Å²) in [5, 5.41) is 2.83. The quantitative estimate of drug-likeness (QED) is 0.904. The average molecular weight is 272 g/mol. The van der Waals surface area contributed by atoms with E-state index in [9.17, 15) is 4.79 Å². The number of carbonyl (C=O) groups excluding carboxylic acids is 1. The van der Waals surface area contributed by atoms with Crippen LogP contribution in [0.4, 0.5) is 0 Å². The van der Waals surface area contributed by atoms with Gasteiger partial charge in [-0.3, -0.25) is 9.78 Å². The van der Waals surface area contributed by atoms with E-state index in [0.29, 0.717) is 23.6 Å². The highest BCUT2D eigenvalue weighted by Gasteiger charge is 2.07. The first-order valence-electron chi connectivity index (χ1n) is 6.13. The van der Waals surface area contributed by atoms with Crippen LogP contribution >= 0.6 is 0 Å². The maximum Gasteiger partial charge on any atom is 0.253 e. The smallest absolute Gasteiger partial charge is 0.253 e. The fourth-order valence-corrected chi connectivity index (χ4v) is 1.77. The third kappa shape index (κ3) is 3.26. The molecule has 2 rings (SSSR count). The number of nitrogens with one attached hydrogen (secondary N) is 1. The van der Waals surface area contributed by atoms with E-state index >= 15 is 0 Å². The maximum atomic E-state index is 11.9. The zero-order chi connectivity index (χ0) is 14.4. The van der Waals surface area contributed by atoms with Crippen LogP contribution in [-0.2, 0) is 6.54 Å². The highest BCUT2D eigenvalue weighted by Crippen LogP contribution is 2.27. The highest BCUT2D eigenvalue weighted by molar-refractivity contribution is 5.93. The van der Waals surface area contributed by atoms with Gasteiger partial charge in [-0.15, -0.1) is 0 Å². The first kappa shape index (κ1) is 13.9. The molecule has 0 bridgehead atoms. The first-order valence-corrected chi connectivity index (χ1v) is 6.13. The molecule has 0 saturated carbocycles. The molecule has 0 radical (unpaired) electrons. The van der Waals surface area contributed by atoms with Gasteiger partial charge in [0.15, 0.2) is 11.5 Å². The van der Waals surface area contributed by atoms with E-state index < -0.39 is 0 Å². The van der Waals surface area contributed by atoms with Gasteiger partial charge >= 0.3 is 0 Å². The third-order valence-electron chi connectivity index (χ3n) is 2.82. The van der Waals surface area contributed by atoms with Crippen LogP contribution in [0, 0.1) is 0 Å². The van der Waals surface area contributed by atoms with Crippen molar-refractivity contribution in [2.45, 2.75) is 6.54 Å². The summed E-state index contributed by atoms with van der Waals surface area (Å²) in [4.78, 5) is 15.8. The van der Waals surface area contributed by atoms with Gasteiger partial charge in [-0.05, 0) is 29.8 Å². The Kier molecular flexibility index (Phi) is 4.55. The van der Waals surface area contributed by atoms with Gasteiger partial charge in [-0.25, -0.2) is 0 Å². The summed E-state index contributed by atoms with van der Waals surface area (Å²) < 4.78 is 10.4. The summed E-state index contributed by atoms with van der Waals surface area (Å²) in [7, 11) is 3.16. The van der Waals surface area contributed by atoms with E-state index in [4.69, 9.17) is 9.47 Å². The molecule has 0 atom stereocenters. The van der Waals surface area contributed by atoms with Crippen LogP contribution in [0.25, 0.3) is 0 Å². The van der Waals surface area contributed by atoms with Crippen molar-refractivity contribution in [3.05, 3.63) is 53.9 Å². The minimum atomic E-state index is -0.159. The van der Waals surface area contributed by atoms with Gasteiger partial charge in [0.25, 0.3) is 5.91 Å². The Hall–Kier alpha value is -2.56. The zero-order valence-corrected chi connectivity index (χ0v) is 11.4. The molecule has 104 valence electrons. The molecule has 1 amide bonds. The van der Waals surface area contributed by atoms with Crippen LogP contribution in [0.2, 0.25) is 0 Å². The van der Waals surface area contributed by atoms with Crippen molar-refractivity contribution in [3.63, 3.8) is 0 Å². The normalized spacial score (nSPS) is 9.90. The van der Waals surface area contributed by atoms with Crippen molar-refractivity contribution in [2.75, 3.05) is 14.2 Å². The van der Waals surface area contributed by atoms with E-state index in [-0.39, 0.29) is 5.91 Å². The number of amides is 1. The molecule has 0 saturated heterocycles. The first-order chi connectivity index (χ1) is 9.74. The van der Waals surface area contributed by atoms with Crippen LogP contribution in [0.1, 0.15) is 15.9 Å². The number of hydrogen-bond acceptors (Lipinski definition) is 4. The average Bonchev–Trinajstić information content (AvgIpc) is 2.53. The summed E-state index contributed by atoms with van der Waals surface area (Å²) in [6, 6.07) is 8.97. The second-order valence-electron chi connectivity index (χ2n) is 4.11. The lowest BCUT2D eigenvalue weighted by Crippen LogP contribution is -2.22. The van der Waals surface area contributed by atoms with Gasteiger partial charge < -0.3 is 14.8 Å².